The lowest BCUT2D eigenvalue weighted by Crippen LogP contribution is -2.50. The smallest absolute Gasteiger partial charge is 0.0967 e. The Bertz CT molecular complexity index is 320. The summed E-state index contributed by atoms with van der Waals surface area (Å²) in [5, 5.41) is 12.6. The van der Waals surface area contributed by atoms with Crippen LogP contribution in [0, 0.1) is 11.3 Å². The van der Waals surface area contributed by atoms with Gasteiger partial charge in [-0.05, 0) is 38.6 Å². The molecular weight excluding hydrogens is 224 g/mol. The second-order valence-corrected chi connectivity index (χ2v) is 6.04. The standard InChI is InChI=1S/C14H24N4/c15-10-13(16-12-3-4-12)5-7-17-8-9-18-6-1-2-14(18)11-17/h12-14,16H,1-9,11H2. The average Bonchev–Trinajstić information content (AvgIpc) is 3.09. The van der Waals surface area contributed by atoms with Crippen molar-refractivity contribution in [1.29, 1.82) is 5.26 Å². The minimum Gasteiger partial charge on any atom is -0.300 e. The molecule has 0 aromatic heterocycles. The van der Waals surface area contributed by atoms with Crippen LogP contribution in [0.1, 0.15) is 32.1 Å². The fraction of sp³-hybridized carbons (Fsp3) is 0.929. The Kier molecular flexibility index (Phi) is 3.83. The summed E-state index contributed by atoms with van der Waals surface area (Å²) in [6, 6.07) is 3.92. The molecule has 18 heavy (non-hydrogen) atoms. The van der Waals surface area contributed by atoms with E-state index < -0.39 is 0 Å². The monoisotopic (exact) mass is 248 g/mol. The van der Waals surface area contributed by atoms with Crippen molar-refractivity contribution >= 4 is 0 Å². The van der Waals surface area contributed by atoms with Crippen LogP contribution in [0.15, 0.2) is 0 Å². The van der Waals surface area contributed by atoms with E-state index in [9.17, 15) is 0 Å². The van der Waals surface area contributed by atoms with E-state index in [-0.39, 0.29) is 6.04 Å². The predicted molar refractivity (Wildman–Crippen MR) is 71.2 cm³/mol. The van der Waals surface area contributed by atoms with Crippen molar-refractivity contribution in [2.24, 2.45) is 0 Å². The molecule has 0 spiro atoms. The molecule has 4 heteroatoms. The fourth-order valence-corrected chi connectivity index (χ4v) is 3.29. The molecular formula is C14H24N4. The minimum atomic E-state index is 0.0686. The number of piperazine rings is 1. The normalized spacial score (nSPS) is 30.9. The SMILES string of the molecule is N#CC(CCN1CCN2CCCC2C1)NC1CC1. The summed E-state index contributed by atoms with van der Waals surface area (Å²) in [6.07, 6.45) is 6.26. The molecule has 0 radical (unpaired) electrons. The van der Waals surface area contributed by atoms with Crippen LogP contribution in [0.4, 0.5) is 0 Å². The molecule has 2 unspecified atom stereocenters. The first-order valence-electron chi connectivity index (χ1n) is 7.47. The fourth-order valence-electron chi connectivity index (χ4n) is 3.29. The van der Waals surface area contributed by atoms with Crippen LogP contribution < -0.4 is 5.32 Å². The summed E-state index contributed by atoms with van der Waals surface area (Å²) in [5.41, 5.74) is 0. The molecule has 1 saturated carbocycles. The lowest BCUT2D eigenvalue weighted by Gasteiger charge is -2.37. The molecule has 4 nitrogen and oxygen atoms in total. The second kappa shape index (κ2) is 5.56. The Balaban J connectivity index is 1.40. The molecule has 1 aliphatic carbocycles. The maximum absolute atomic E-state index is 9.14. The van der Waals surface area contributed by atoms with Gasteiger partial charge in [0.15, 0.2) is 0 Å². The molecule has 3 rings (SSSR count). The van der Waals surface area contributed by atoms with E-state index in [4.69, 9.17) is 5.26 Å². The highest BCUT2D eigenvalue weighted by atomic mass is 15.3. The summed E-state index contributed by atoms with van der Waals surface area (Å²) in [7, 11) is 0. The maximum Gasteiger partial charge on any atom is 0.0967 e. The van der Waals surface area contributed by atoms with Crippen LogP contribution in [-0.2, 0) is 0 Å². The first kappa shape index (κ1) is 12.4. The van der Waals surface area contributed by atoms with Gasteiger partial charge in [0.05, 0.1) is 12.1 Å². The molecule has 2 atom stereocenters. The Morgan fingerprint density at radius 2 is 2.11 bits per heavy atom. The second-order valence-electron chi connectivity index (χ2n) is 6.04. The Hall–Kier alpha value is -0.630. The number of fused-ring (bicyclic) bond motifs is 1. The topological polar surface area (TPSA) is 42.3 Å². The van der Waals surface area contributed by atoms with Gasteiger partial charge in [-0.2, -0.15) is 5.26 Å². The molecule has 0 amide bonds. The molecule has 1 N–H and O–H groups in total. The van der Waals surface area contributed by atoms with Crippen LogP contribution >= 0.6 is 0 Å². The lowest BCUT2D eigenvalue weighted by atomic mass is 10.1. The number of nitrogens with one attached hydrogen (secondary N) is 1. The zero-order valence-corrected chi connectivity index (χ0v) is 11.1. The van der Waals surface area contributed by atoms with Gasteiger partial charge in [0, 0.05) is 38.3 Å². The summed E-state index contributed by atoms with van der Waals surface area (Å²) in [6.45, 7) is 6.04. The van der Waals surface area contributed by atoms with E-state index >= 15 is 0 Å². The number of rotatable bonds is 5. The average molecular weight is 248 g/mol. The zero-order valence-electron chi connectivity index (χ0n) is 11.1. The highest BCUT2D eigenvalue weighted by Gasteiger charge is 2.31. The highest BCUT2D eigenvalue weighted by Crippen LogP contribution is 2.22. The molecule has 3 aliphatic rings. The van der Waals surface area contributed by atoms with E-state index in [1.807, 2.05) is 0 Å². The summed E-state index contributed by atoms with van der Waals surface area (Å²) < 4.78 is 0. The van der Waals surface area contributed by atoms with Crippen LogP contribution in [0.3, 0.4) is 0 Å². The highest BCUT2D eigenvalue weighted by molar-refractivity contribution is 4.96. The molecule has 2 aliphatic heterocycles. The molecule has 0 aromatic carbocycles. The first-order valence-corrected chi connectivity index (χ1v) is 7.47. The van der Waals surface area contributed by atoms with Gasteiger partial charge in [-0.3, -0.25) is 10.2 Å². The van der Waals surface area contributed by atoms with Crippen molar-refractivity contribution < 1.29 is 0 Å². The van der Waals surface area contributed by atoms with E-state index in [0.29, 0.717) is 6.04 Å². The van der Waals surface area contributed by atoms with E-state index in [2.05, 4.69) is 21.2 Å². The number of nitrogens with zero attached hydrogens (tertiary/aromatic N) is 3. The summed E-state index contributed by atoms with van der Waals surface area (Å²) >= 11 is 0. The lowest BCUT2D eigenvalue weighted by molar-refractivity contribution is 0.102. The van der Waals surface area contributed by atoms with E-state index in [1.165, 1.54) is 51.9 Å². The van der Waals surface area contributed by atoms with Crippen LogP contribution in [0.5, 0.6) is 0 Å². The molecule has 100 valence electrons. The van der Waals surface area contributed by atoms with Gasteiger partial charge in [0.1, 0.15) is 0 Å². The van der Waals surface area contributed by atoms with Crippen molar-refractivity contribution in [3.63, 3.8) is 0 Å². The zero-order chi connectivity index (χ0) is 12.4. The minimum absolute atomic E-state index is 0.0686. The third kappa shape index (κ3) is 3.03. The third-order valence-electron chi connectivity index (χ3n) is 4.58. The number of hydrogen-bond donors (Lipinski definition) is 1. The van der Waals surface area contributed by atoms with Crippen molar-refractivity contribution in [2.75, 3.05) is 32.7 Å². The van der Waals surface area contributed by atoms with E-state index in [0.717, 1.165) is 19.0 Å². The quantitative estimate of drug-likeness (QED) is 0.781. The third-order valence-corrected chi connectivity index (χ3v) is 4.58. The Morgan fingerprint density at radius 3 is 2.89 bits per heavy atom. The van der Waals surface area contributed by atoms with Crippen molar-refractivity contribution in [2.45, 2.75) is 50.2 Å². The predicted octanol–water partition coefficient (Wildman–Crippen LogP) is 0.801. The van der Waals surface area contributed by atoms with Crippen LogP contribution in [0.25, 0.3) is 0 Å². The van der Waals surface area contributed by atoms with Gasteiger partial charge < -0.3 is 4.90 Å². The van der Waals surface area contributed by atoms with Crippen LogP contribution in [0.2, 0.25) is 0 Å². The van der Waals surface area contributed by atoms with Gasteiger partial charge in [0.25, 0.3) is 0 Å². The van der Waals surface area contributed by atoms with Crippen molar-refractivity contribution in [3.05, 3.63) is 0 Å². The number of hydrogen-bond acceptors (Lipinski definition) is 4. The van der Waals surface area contributed by atoms with E-state index in [1.54, 1.807) is 0 Å². The van der Waals surface area contributed by atoms with Crippen LogP contribution in [-0.4, -0.2) is 60.6 Å². The molecule has 0 aromatic rings. The largest absolute Gasteiger partial charge is 0.300 e. The van der Waals surface area contributed by atoms with Gasteiger partial charge in [-0.15, -0.1) is 0 Å². The first-order chi connectivity index (χ1) is 8.85. The number of nitriles is 1. The summed E-state index contributed by atoms with van der Waals surface area (Å²) in [4.78, 5) is 5.20. The maximum atomic E-state index is 9.14. The van der Waals surface area contributed by atoms with Gasteiger partial charge in [0.2, 0.25) is 0 Å². The van der Waals surface area contributed by atoms with Gasteiger partial charge >= 0.3 is 0 Å². The summed E-state index contributed by atoms with van der Waals surface area (Å²) in [5.74, 6) is 0. The Labute approximate surface area is 110 Å². The molecule has 2 saturated heterocycles. The molecule has 0 bridgehead atoms. The van der Waals surface area contributed by atoms with Crippen molar-refractivity contribution in [1.82, 2.24) is 15.1 Å². The molecule has 3 fully saturated rings. The Morgan fingerprint density at radius 1 is 1.22 bits per heavy atom. The molecule has 2 heterocycles. The van der Waals surface area contributed by atoms with Gasteiger partial charge in [-0.1, -0.05) is 0 Å². The van der Waals surface area contributed by atoms with Crippen molar-refractivity contribution in [3.8, 4) is 6.07 Å². The van der Waals surface area contributed by atoms with Gasteiger partial charge in [-0.25, -0.2) is 0 Å².